The second kappa shape index (κ2) is 12.8. The van der Waals surface area contributed by atoms with E-state index in [2.05, 4.69) is 20.8 Å². The van der Waals surface area contributed by atoms with E-state index < -0.39 is 23.5 Å². The normalized spacial score (nSPS) is 16.7. The van der Waals surface area contributed by atoms with Crippen LogP contribution in [0.25, 0.3) is 5.76 Å². The molecule has 1 aliphatic heterocycles. The number of rotatable bonds is 11. The molecule has 0 aromatic heterocycles. The summed E-state index contributed by atoms with van der Waals surface area (Å²) in [6.45, 7) is 11.6. The molecule has 6 heteroatoms. The highest BCUT2D eigenvalue weighted by molar-refractivity contribution is 6.46. The molecule has 3 aromatic carbocycles. The van der Waals surface area contributed by atoms with Gasteiger partial charge in [0.2, 0.25) is 5.78 Å². The predicted octanol–water partition coefficient (Wildman–Crippen LogP) is 3.29. The molecule has 0 saturated carbocycles. The van der Waals surface area contributed by atoms with Gasteiger partial charge in [-0.3, -0.25) is 9.59 Å². The zero-order valence-electron chi connectivity index (χ0n) is 23.3. The van der Waals surface area contributed by atoms with Gasteiger partial charge in [0.15, 0.2) is 0 Å². The average Bonchev–Trinajstić information content (AvgIpc) is 3.22. The SMILES string of the molecule is CCc1ccc(C2/C(=C(\[O-])c3ccc(OCc4ccccc4)c(C)c3)C(=O)C(=O)N2CC[NH+](CC)CC)cc1. The molecule has 4 rings (SSSR count). The topological polar surface area (TPSA) is 74.1 Å². The number of benzene rings is 3. The van der Waals surface area contributed by atoms with E-state index in [-0.39, 0.29) is 5.57 Å². The van der Waals surface area contributed by atoms with Gasteiger partial charge in [0.1, 0.15) is 12.4 Å². The molecule has 1 unspecified atom stereocenters. The first-order valence-electron chi connectivity index (χ1n) is 13.8. The molecule has 0 radical (unpaired) electrons. The van der Waals surface area contributed by atoms with Gasteiger partial charge in [-0.2, -0.15) is 0 Å². The summed E-state index contributed by atoms with van der Waals surface area (Å²) in [6.07, 6.45) is 0.880. The lowest BCUT2D eigenvalue weighted by atomic mass is 9.94. The summed E-state index contributed by atoms with van der Waals surface area (Å²) >= 11 is 0. The molecule has 3 aromatic rings. The van der Waals surface area contributed by atoms with E-state index in [9.17, 15) is 14.7 Å². The van der Waals surface area contributed by atoms with Crippen LogP contribution in [-0.4, -0.2) is 42.8 Å². The molecule has 0 spiro atoms. The number of ether oxygens (including phenoxy) is 1. The van der Waals surface area contributed by atoms with E-state index in [4.69, 9.17) is 4.74 Å². The van der Waals surface area contributed by atoms with Gasteiger partial charge >= 0.3 is 0 Å². The van der Waals surface area contributed by atoms with Crippen molar-refractivity contribution in [2.24, 2.45) is 0 Å². The molecule has 1 heterocycles. The summed E-state index contributed by atoms with van der Waals surface area (Å²) in [4.78, 5) is 29.5. The molecule has 39 heavy (non-hydrogen) atoms. The lowest BCUT2D eigenvalue weighted by Crippen LogP contribution is -3.12. The van der Waals surface area contributed by atoms with Crippen LogP contribution >= 0.6 is 0 Å². The molecule has 1 fully saturated rings. The number of quaternary nitrogens is 1. The number of carbonyl (C=O) groups is 2. The van der Waals surface area contributed by atoms with Crippen LogP contribution in [0, 0.1) is 6.92 Å². The van der Waals surface area contributed by atoms with E-state index in [0.717, 1.165) is 41.8 Å². The number of hydrogen-bond donors (Lipinski definition) is 1. The van der Waals surface area contributed by atoms with Gasteiger partial charge in [0.25, 0.3) is 5.91 Å². The Hall–Kier alpha value is -3.90. The predicted molar refractivity (Wildman–Crippen MR) is 151 cm³/mol. The van der Waals surface area contributed by atoms with Crippen molar-refractivity contribution in [1.29, 1.82) is 0 Å². The maximum atomic E-state index is 13.9. The highest BCUT2D eigenvalue weighted by Gasteiger charge is 2.44. The van der Waals surface area contributed by atoms with Crippen LogP contribution in [0.2, 0.25) is 0 Å². The Labute approximate surface area is 231 Å². The Kier molecular flexibility index (Phi) is 9.20. The van der Waals surface area contributed by atoms with Gasteiger partial charge in [0, 0.05) is 5.57 Å². The fourth-order valence-electron chi connectivity index (χ4n) is 5.11. The molecular weight excluding hydrogens is 488 g/mol. The highest BCUT2D eigenvalue weighted by Crippen LogP contribution is 2.39. The number of nitrogens with zero attached hydrogens (tertiary/aromatic N) is 1. The third-order valence-electron chi connectivity index (χ3n) is 7.61. The van der Waals surface area contributed by atoms with Gasteiger partial charge < -0.3 is 19.6 Å². The molecule has 1 atom stereocenters. The molecule has 0 aliphatic carbocycles. The molecular formula is C33H38N2O4. The lowest BCUT2D eigenvalue weighted by molar-refractivity contribution is -0.895. The largest absolute Gasteiger partial charge is 0.872 e. The quantitative estimate of drug-likeness (QED) is 0.236. The first-order valence-corrected chi connectivity index (χ1v) is 13.8. The molecule has 204 valence electrons. The number of likely N-dealkylation sites (tertiary alicyclic amines) is 1. The molecule has 0 bridgehead atoms. The van der Waals surface area contributed by atoms with Crippen LogP contribution in [0.5, 0.6) is 5.75 Å². The Morgan fingerprint density at radius 3 is 2.23 bits per heavy atom. The van der Waals surface area contributed by atoms with E-state index in [1.54, 1.807) is 23.1 Å². The van der Waals surface area contributed by atoms with Crippen LogP contribution in [0.15, 0.2) is 78.4 Å². The Morgan fingerprint density at radius 1 is 0.923 bits per heavy atom. The summed E-state index contributed by atoms with van der Waals surface area (Å²) in [5, 5.41) is 13.9. The fraction of sp³-hybridized carbons (Fsp3) is 0.333. The zero-order chi connectivity index (χ0) is 27.9. The van der Waals surface area contributed by atoms with Crippen LogP contribution < -0.4 is 14.7 Å². The maximum Gasteiger partial charge on any atom is 0.295 e. The van der Waals surface area contributed by atoms with Gasteiger partial charge in [-0.1, -0.05) is 73.3 Å². The van der Waals surface area contributed by atoms with Crippen LogP contribution in [0.1, 0.15) is 54.6 Å². The minimum absolute atomic E-state index is 0.0242. The Bertz CT molecular complexity index is 1330. The third kappa shape index (κ3) is 6.23. The second-order valence-corrected chi connectivity index (χ2v) is 10.0. The van der Waals surface area contributed by atoms with Crippen molar-refractivity contribution in [3.63, 3.8) is 0 Å². The molecule has 1 saturated heterocycles. The summed E-state index contributed by atoms with van der Waals surface area (Å²) in [5.74, 6) is -1.05. The van der Waals surface area contributed by atoms with Crippen molar-refractivity contribution in [3.8, 4) is 5.75 Å². The number of nitrogens with one attached hydrogen (secondary N) is 1. The number of aryl methyl sites for hydroxylation is 2. The van der Waals surface area contributed by atoms with Crippen molar-refractivity contribution >= 4 is 17.4 Å². The van der Waals surface area contributed by atoms with Gasteiger partial charge in [-0.05, 0) is 67.1 Å². The highest BCUT2D eigenvalue weighted by atomic mass is 16.5. The van der Waals surface area contributed by atoms with Crippen molar-refractivity contribution in [2.75, 3.05) is 26.2 Å². The molecule has 1 amide bonds. The van der Waals surface area contributed by atoms with Crippen molar-refractivity contribution in [3.05, 3.63) is 106 Å². The van der Waals surface area contributed by atoms with E-state index in [1.165, 1.54) is 4.90 Å². The number of ketones is 1. The number of likely N-dealkylation sites (N-methyl/N-ethyl adjacent to an activating group) is 1. The molecule has 1 aliphatic rings. The minimum atomic E-state index is -0.707. The zero-order valence-corrected chi connectivity index (χ0v) is 23.3. The molecule has 6 nitrogen and oxygen atoms in total. The van der Waals surface area contributed by atoms with Gasteiger partial charge in [-0.15, -0.1) is 0 Å². The van der Waals surface area contributed by atoms with Crippen LogP contribution in [0.3, 0.4) is 0 Å². The summed E-state index contributed by atoms with van der Waals surface area (Å²) in [6, 6.07) is 22.2. The lowest BCUT2D eigenvalue weighted by Gasteiger charge is -2.28. The number of hydrogen-bond acceptors (Lipinski definition) is 4. The van der Waals surface area contributed by atoms with E-state index >= 15 is 0 Å². The van der Waals surface area contributed by atoms with Crippen molar-refractivity contribution in [2.45, 2.75) is 46.8 Å². The van der Waals surface area contributed by atoms with Gasteiger partial charge in [0.05, 0.1) is 32.2 Å². The summed E-state index contributed by atoms with van der Waals surface area (Å²) < 4.78 is 5.98. The molecule has 1 N–H and O–H groups in total. The average molecular weight is 527 g/mol. The minimum Gasteiger partial charge on any atom is -0.872 e. The van der Waals surface area contributed by atoms with Crippen molar-refractivity contribution < 1.29 is 24.3 Å². The Morgan fingerprint density at radius 2 is 1.62 bits per heavy atom. The number of Topliss-reactive ketones (excluding diaryl/α,β-unsaturated/α-hetero) is 1. The van der Waals surface area contributed by atoms with Crippen molar-refractivity contribution in [1.82, 2.24) is 4.90 Å². The summed E-state index contributed by atoms with van der Waals surface area (Å²) in [7, 11) is 0. The van der Waals surface area contributed by atoms with Crippen LogP contribution in [-0.2, 0) is 22.6 Å². The smallest absolute Gasteiger partial charge is 0.295 e. The third-order valence-corrected chi connectivity index (χ3v) is 7.61. The maximum absolute atomic E-state index is 13.9. The first-order chi connectivity index (χ1) is 18.9. The Balaban J connectivity index is 1.69. The summed E-state index contributed by atoms with van der Waals surface area (Å²) in [5.41, 5.74) is 4.18. The fourth-order valence-corrected chi connectivity index (χ4v) is 5.11. The standard InChI is InChI=1S/C33H38N2O4/c1-5-24-13-15-26(16-14-24)30-29(32(37)33(38)35(30)20-19-34(6-2)7-3)31(36)27-17-18-28(23(4)21-27)39-22-25-11-9-8-10-12-25/h8-18,21,30,36H,5-7,19-20,22H2,1-4H3/b31-29+. The number of amides is 1. The van der Waals surface area contributed by atoms with E-state index in [0.29, 0.717) is 31.0 Å². The second-order valence-electron chi connectivity index (χ2n) is 10.0. The first kappa shape index (κ1) is 28.1. The van der Waals surface area contributed by atoms with E-state index in [1.807, 2.05) is 61.5 Å². The number of carbonyl (C=O) groups excluding carboxylic acids is 2. The monoisotopic (exact) mass is 526 g/mol. The van der Waals surface area contributed by atoms with Gasteiger partial charge in [-0.25, -0.2) is 0 Å². The van der Waals surface area contributed by atoms with Crippen LogP contribution in [0.4, 0.5) is 0 Å².